The first-order valence-corrected chi connectivity index (χ1v) is 8.93. The maximum atomic E-state index is 12.1. The van der Waals surface area contributed by atoms with E-state index in [2.05, 4.69) is 17.6 Å². The fraction of sp³-hybridized carbons (Fsp3) is 0.867. The van der Waals surface area contributed by atoms with E-state index in [-0.39, 0.29) is 5.91 Å². The predicted molar refractivity (Wildman–Crippen MR) is 84.5 cm³/mol. The van der Waals surface area contributed by atoms with Crippen LogP contribution in [0.25, 0.3) is 0 Å². The van der Waals surface area contributed by atoms with Gasteiger partial charge in [0.2, 0.25) is 5.91 Å². The first-order chi connectivity index (χ1) is 10.0. The number of hydrogen-bond donors (Lipinski definition) is 3. The van der Waals surface area contributed by atoms with Crippen LogP contribution in [-0.4, -0.2) is 46.6 Å². The molecule has 2 rings (SSSR count). The summed E-state index contributed by atoms with van der Waals surface area (Å²) in [6.45, 7) is 4.16. The number of carboxylic acid groups (broad SMARTS) is 1. The Balaban J connectivity index is 1.82. The molecule has 0 spiro atoms. The van der Waals surface area contributed by atoms with Crippen molar-refractivity contribution in [1.82, 2.24) is 10.6 Å². The Bertz CT molecular complexity index is 375. The van der Waals surface area contributed by atoms with E-state index in [1.54, 1.807) is 11.8 Å². The molecule has 0 radical (unpaired) electrons. The Labute approximate surface area is 130 Å². The average molecular weight is 314 g/mol. The van der Waals surface area contributed by atoms with Crippen molar-refractivity contribution in [2.45, 2.75) is 56.2 Å². The van der Waals surface area contributed by atoms with Crippen molar-refractivity contribution in [1.29, 1.82) is 0 Å². The van der Waals surface area contributed by atoms with Gasteiger partial charge in [-0.15, -0.1) is 11.8 Å². The largest absolute Gasteiger partial charge is 0.480 e. The van der Waals surface area contributed by atoms with Gasteiger partial charge in [-0.3, -0.25) is 4.79 Å². The van der Waals surface area contributed by atoms with Crippen molar-refractivity contribution in [2.24, 2.45) is 5.92 Å². The highest BCUT2D eigenvalue weighted by Gasteiger charge is 2.42. The molecule has 2 fully saturated rings. The van der Waals surface area contributed by atoms with E-state index in [1.807, 2.05) is 0 Å². The average Bonchev–Trinajstić information content (AvgIpc) is 2.48. The van der Waals surface area contributed by atoms with Gasteiger partial charge in [-0.25, -0.2) is 4.79 Å². The minimum Gasteiger partial charge on any atom is -0.480 e. The molecule has 0 aromatic heterocycles. The lowest BCUT2D eigenvalue weighted by Crippen LogP contribution is -2.56. The Hall–Kier alpha value is -0.750. The lowest BCUT2D eigenvalue weighted by molar-refractivity contribution is -0.149. The van der Waals surface area contributed by atoms with Crippen molar-refractivity contribution in [3.8, 4) is 0 Å². The number of aliphatic carboxylic acids is 1. The van der Waals surface area contributed by atoms with Crippen LogP contribution in [0.5, 0.6) is 0 Å². The fourth-order valence-corrected chi connectivity index (χ4v) is 4.13. The van der Waals surface area contributed by atoms with E-state index < -0.39 is 11.5 Å². The van der Waals surface area contributed by atoms with Gasteiger partial charge < -0.3 is 15.7 Å². The molecule has 1 saturated carbocycles. The zero-order valence-corrected chi connectivity index (χ0v) is 13.5. The van der Waals surface area contributed by atoms with Crippen LogP contribution in [0.1, 0.15) is 45.4 Å². The van der Waals surface area contributed by atoms with Gasteiger partial charge in [-0.05, 0) is 57.5 Å². The van der Waals surface area contributed by atoms with Crippen molar-refractivity contribution in [2.75, 3.05) is 18.8 Å². The molecule has 1 saturated heterocycles. The Morgan fingerprint density at radius 3 is 2.43 bits per heavy atom. The van der Waals surface area contributed by atoms with Crippen LogP contribution in [0.3, 0.4) is 0 Å². The summed E-state index contributed by atoms with van der Waals surface area (Å²) in [4.78, 5) is 23.7. The summed E-state index contributed by atoms with van der Waals surface area (Å²) in [7, 11) is 0. The van der Waals surface area contributed by atoms with Gasteiger partial charge in [0.15, 0.2) is 0 Å². The first-order valence-electron chi connectivity index (χ1n) is 7.88. The monoisotopic (exact) mass is 314 g/mol. The zero-order valence-electron chi connectivity index (χ0n) is 12.7. The van der Waals surface area contributed by atoms with Crippen LogP contribution >= 0.6 is 11.8 Å². The number of carboxylic acids is 1. The zero-order chi connectivity index (χ0) is 15.3. The smallest absolute Gasteiger partial charge is 0.329 e. The molecule has 2 aliphatic rings. The van der Waals surface area contributed by atoms with Crippen molar-refractivity contribution in [3.05, 3.63) is 0 Å². The summed E-state index contributed by atoms with van der Waals surface area (Å²) < 4.78 is 0. The molecule has 1 amide bonds. The summed E-state index contributed by atoms with van der Waals surface area (Å²) in [5.74, 6) is -0.0847. The second-order valence-electron chi connectivity index (χ2n) is 6.38. The number of thioether (sulfide) groups is 1. The number of carbonyl (C=O) groups excluding carboxylic acids is 1. The summed E-state index contributed by atoms with van der Waals surface area (Å²) >= 11 is 1.66. The lowest BCUT2D eigenvalue weighted by atomic mass is 9.77. The summed E-state index contributed by atoms with van der Waals surface area (Å²) in [5, 5.41) is 16.1. The third-order valence-corrected chi connectivity index (χ3v) is 6.02. The summed E-state index contributed by atoms with van der Waals surface area (Å²) in [6.07, 6.45) is 5.00. The van der Waals surface area contributed by atoms with Gasteiger partial charge in [0.05, 0.1) is 5.75 Å². The van der Waals surface area contributed by atoms with E-state index in [0.717, 1.165) is 38.8 Å². The second-order valence-corrected chi connectivity index (χ2v) is 7.67. The van der Waals surface area contributed by atoms with Gasteiger partial charge in [0.25, 0.3) is 0 Å². The fourth-order valence-electron chi connectivity index (χ4n) is 3.11. The molecule has 3 N–H and O–H groups in total. The van der Waals surface area contributed by atoms with Crippen molar-refractivity contribution >= 4 is 23.6 Å². The predicted octanol–water partition coefficient (Wildman–Crippen LogP) is 1.62. The first kappa shape index (κ1) is 16.6. The maximum Gasteiger partial charge on any atom is 0.329 e. The number of hydrogen-bond acceptors (Lipinski definition) is 4. The van der Waals surface area contributed by atoms with Gasteiger partial charge in [0, 0.05) is 5.25 Å². The third-order valence-electron chi connectivity index (χ3n) is 4.65. The molecule has 1 aliphatic heterocycles. The normalized spacial score (nSPS) is 30.8. The molecule has 0 unspecified atom stereocenters. The highest BCUT2D eigenvalue weighted by Crippen LogP contribution is 2.32. The van der Waals surface area contributed by atoms with Crippen LogP contribution in [0.15, 0.2) is 0 Å². The summed E-state index contributed by atoms with van der Waals surface area (Å²) in [6, 6.07) is 0. The third kappa shape index (κ3) is 4.61. The van der Waals surface area contributed by atoms with Gasteiger partial charge in [0.1, 0.15) is 5.54 Å². The quantitative estimate of drug-likeness (QED) is 0.719. The molecule has 5 nitrogen and oxygen atoms in total. The van der Waals surface area contributed by atoms with Crippen LogP contribution in [-0.2, 0) is 9.59 Å². The van der Waals surface area contributed by atoms with Crippen LogP contribution < -0.4 is 10.6 Å². The summed E-state index contributed by atoms with van der Waals surface area (Å²) in [5.41, 5.74) is -1.03. The Morgan fingerprint density at radius 1 is 1.24 bits per heavy atom. The number of piperidine rings is 1. The molecule has 120 valence electrons. The molecule has 0 bridgehead atoms. The molecule has 0 atom stereocenters. The lowest BCUT2D eigenvalue weighted by Gasteiger charge is -2.36. The number of rotatable bonds is 5. The van der Waals surface area contributed by atoms with Crippen LogP contribution in [0, 0.1) is 5.92 Å². The van der Waals surface area contributed by atoms with Gasteiger partial charge in [-0.1, -0.05) is 6.92 Å². The van der Waals surface area contributed by atoms with Crippen molar-refractivity contribution < 1.29 is 14.7 Å². The van der Waals surface area contributed by atoms with Crippen LogP contribution in [0.4, 0.5) is 0 Å². The standard InChI is InChI=1S/C15H26N2O3S/c1-11-2-6-15(7-3-11,14(19)20)17-13(18)10-21-12-4-8-16-9-5-12/h11-12,16H,2-10H2,1H3,(H,17,18)(H,19,20). The van der Waals surface area contributed by atoms with E-state index >= 15 is 0 Å². The maximum absolute atomic E-state index is 12.1. The minimum absolute atomic E-state index is 0.129. The molecule has 6 heteroatoms. The van der Waals surface area contributed by atoms with E-state index in [9.17, 15) is 14.7 Å². The topological polar surface area (TPSA) is 78.4 Å². The Morgan fingerprint density at radius 2 is 1.86 bits per heavy atom. The van der Waals surface area contributed by atoms with E-state index in [4.69, 9.17) is 0 Å². The van der Waals surface area contributed by atoms with Gasteiger partial charge in [-0.2, -0.15) is 0 Å². The van der Waals surface area contributed by atoms with Crippen LogP contribution in [0.2, 0.25) is 0 Å². The molecule has 21 heavy (non-hydrogen) atoms. The number of nitrogens with one attached hydrogen (secondary N) is 2. The second kappa shape index (κ2) is 7.49. The minimum atomic E-state index is -1.03. The molecule has 0 aromatic rings. The number of carbonyl (C=O) groups is 2. The van der Waals surface area contributed by atoms with E-state index in [0.29, 0.717) is 29.8 Å². The molecular formula is C15H26N2O3S. The highest BCUT2D eigenvalue weighted by molar-refractivity contribution is 8.00. The Kier molecular flexibility index (Phi) is 5.93. The van der Waals surface area contributed by atoms with E-state index in [1.165, 1.54) is 0 Å². The molecule has 1 heterocycles. The van der Waals surface area contributed by atoms with Crippen molar-refractivity contribution in [3.63, 3.8) is 0 Å². The molecule has 1 aliphatic carbocycles. The van der Waals surface area contributed by atoms with Gasteiger partial charge >= 0.3 is 5.97 Å². The number of amides is 1. The molecule has 0 aromatic carbocycles. The highest BCUT2D eigenvalue weighted by atomic mass is 32.2. The SMILES string of the molecule is CC1CCC(NC(=O)CSC2CCNCC2)(C(=O)O)CC1. The molecular weight excluding hydrogens is 288 g/mol.